The van der Waals surface area contributed by atoms with Gasteiger partial charge in [-0.25, -0.2) is 0 Å². The average molecular weight is 291 g/mol. The Labute approximate surface area is 119 Å². The molecular weight excluding hydrogens is 278 g/mol. The van der Waals surface area contributed by atoms with Crippen LogP contribution in [0.1, 0.15) is 23.1 Å². The van der Waals surface area contributed by atoms with E-state index < -0.39 is 10.8 Å². The number of tetrazole rings is 1. The third-order valence-corrected chi connectivity index (χ3v) is 2.63. The minimum atomic E-state index is -0.534. The lowest BCUT2D eigenvalue weighted by Gasteiger charge is -2.10. The minimum absolute atomic E-state index is 0.0730. The minimum Gasteiger partial charge on any atom is -0.379 e. The van der Waals surface area contributed by atoms with Crippen LogP contribution < -0.4 is 10.6 Å². The first-order valence-corrected chi connectivity index (χ1v) is 6.15. The first kappa shape index (κ1) is 14.4. The second-order valence-electron chi connectivity index (χ2n) is 4.00. The van der Waals surface area contributed by atoms with Crippen LogP contribution in [0.5, 0.6) is 0 Å². The molecule has 10 nitrogen and oxygen atoms in total. The third kappa shape index (κ3) is 3.29. The van der Waals surface area contributed by atoms with Crippen molar-refractivity contribution < 1.29 is 9.72 Å². The van der Waals surface area contributed by atoms with E-state index in [1.807, 2.05) is 0 Å². The molecule has 110 valence electrons. The van der Waals surface area contributed by atoms with E-state index in [0.717, 1.165) is 0 Å². The van der Waals surface area contributed by atoms with E-state index in [4.69, 9.17) is 0 Å². The Kier molecular flexibility index (Phi) is 4.39. The molecule has 0 unspecified atom stereocenters. The molecule has 3 N–H and O–H groups in total. The van der Waals surface area contributed by atoms with Crippen LogP contribution in [0.15, 0.2) is 18.2 Å². The van der Waals surface area contributed by atoms with Crippen LogP contribution in [0.25, 0.3) is 0 Å². The number of carbonyl (C=O) groups excluding carboxylic acids is 1. The third-order valence-electron chi connectivity index (χ3n) is 2.63. The number of rotatable bonds is 6. The SMILES string of the molecule is CCNc1c(C(=O)NCc2nn[nH]n2)cccc1[N+](=O)[O-]. The summed E-state index contributed by atoms with van der Waals surface area (Å²) >= 11 is 0. The van der Waals surface area contributed by atoms with Crippen LogP contribution in [0.2, 0.25) is 0 Å². The maximum absolute atomic E-state index is 12.2. The summed E-state index contributed by atoms with van der Waals surface area (Å²) in [5.74, 6) is -0.141. The van der Waals surface area contributed by atoms with Crippen LogP contribution in [0.4, 0.5) is 11.4 Å². The number of nitro groups is 1. The van der Waals surface area contributed by atoms with Gasteiger partial charge in [0.05, 0.1) is 17.0 Å². The summed E-state index contributed by atoms with van der Waals surface area (Å²) in [4.78, 5) is 22.6. The number of nitrogens with one attached hydrogen (secondary N) is 3. The summed E-state index contributed by atoms with van der Waals surface area (Å²) in [7, 11) is 0. The average Bonchev–Trinajstić information content (AvgIpc) is 2.98. The molecule has 0 aliphatic heterocycles. The van der Waals surface area contributed by atoms with Gasteiger partial charge in [-0.3, -0.25) is 14.9 Å². The van der Waals surface area contributed by atoms with Gasteiger partial charge in [-0.1, -0.05) is 11.3 Å². The summed E-state index contributed by atoms with van der Waals surface area (Å²) in [6, 6.07) is 4.31. The van der Waals surface area contributed by atoms with E-state index in [9.17, 15) is 14.9 Å². The number of carbonyl (C=O) groups is 1. The van der Waals surface area contributed by atoms with Gasteiger partial charge in [0.25, 0.3) is 11.6 Å². The highest BCUT2D eigenvalue weighted by atomic mass is 16.6. The Morgan fingerprint density at radius 2 is 2.29 bits per heavy atom. The number of hydrogen-bond acceptors (Lipinski definition) is 7. The normalized spacial score (nSPS) is 10.1. The van der Waals surface area contributed by atoms with E-state index in [1.54, 1.807) is 6.92 Å². The number of nitrogens with zero attached hydrogens (tertiary/aromatic N) is 4. The van der Waals surface area contributed by atoms with Crippen molar-refractivity contribution in [3.63, 3.8) is 0 Å². The zero-order chi connectivity index (χ0) is 15.2. The van der Waals surface area contributed by atoms with E-state index in [2.05, 4.69) is 31.3 Å². The Balaban J connectivity index is 2.23. The predicted octanol–water partition coefficient (Wildman–Crippen LogP) is 0.470. The van der Waals surface area contributed by atoms with E-state index in [0.29, 0.717) is 12.4 Å². The number of nitro benzene ring substituents is 1. The Morgan fingerprint density at radius 1 is 1.48 bits per heavy atom. The molecule has 1 amide bonds. The van der Waals surface area contributed by atoms with Crippen molar-refractivity contribution in [2.45, 2.75) is 13.5 Å². The maximum Gasteiger partial charge on any atom is 0.293 e. The summed E-state index contributed by atoms with van der Waals surface area (Å²) in [6.45, 7) is 2.32. The number of H-pyrrole nitrogens is 1. The predicted molar refractivity (Wildman–Crippen MR) is 72.6 cm³/mol. The molecule has 0 aliphatic rings. The topological polar surface area (TPSA) is 139 Å². The number of para-hydroxylation sites is 1. The van der Waals surface area contributed by atoms with Crippen LogP contribution in [-0.2, 0) is 6.54 Å². The zero-order valence-corrected chi connectivity index (χ0v) is 11.2. The van der Waals surface area contributed by atoms with Gasteiger partial charge < -0.3 is 10.6 Å². The number of aromatic amines is 1. The van der Waals surface area contributed by atoms with Gasteiger partial charge in [0.15, 0.2) is 5.82 Å². The van der Waals surface area contributed by atoms with Gasteiger partial charge in [-0.2, -0.15) is 5.21 Å². The number of amides is 1. The van der Waals surface area contributed by atoms with Gasteiger partial charge in [-0.05, 0) is 13.0 Å². The van der Waals surface area contributed by atoms with Crippen molar-refractivity contribution in [1.82, 2.24) is 25.9 Å². The molecule has 0 spiro atoms. The fourth-order valence-corrected chi connectivity index (χ4v) is 1.76. The standard InChI is InChI=1S/C11H13N7O3/c1-2-12-10-7(4-3-5-8(10)18(20)21)11(19)13-6-9-14-16-17-15-9/h3-5,12H,2,6H2,1H3,(H,13,19)(H,14,15,16,17). The maximum atomic E-state index is 12.2. The first-order chi connectivity index (χ1) is 10.1. The molecule has 2 rings (SSSR count). The Hall–Kier alpha value is -3.04. The van der Waals surface area contributed by atoms with E-state index in [-0.39, 0.29) is 23.5 Å². The molecule has 0 atom stereocenters. The largest absolute Gasteiger partial charge is 0.379 e. The highest BCUT2D eigenvalue weighted by molar-refractivity contribution is 6.01. The summed E-state index contributed by atoms with van der Waals surface area (Å²) < 4.78 is 0. The van der Waals surface area contributed by atoms with Crippen LogP contribution in [0.3, 0.4) is 0 Å². The molecule has 21 heavy (non-hydrogen) atoms. The van der Waals surface area contributed by atoms with Gasteiger partial charge in [0.1, 0.15) is 5.69 Å². The Bertz CT molecular complexity index is 641. The molecular formula is C11H13N7O3. The first-order valence-electron chi connectivity index (χ1n) is 6.15. The molecule has 10 heteroatoms. The summed E-state index contributed by atoms with van der Waals surface area (Å²) in [5.41, 5.74) is 0.231. The van der Waals surface area contributed by atoms with Gasteiger partial charge >= 0.3 is 0 Å². The Morgan fingerprint density at radius 3 is 2.90 bits per heavy atom. The van der Waals surface area contributed by atoms with Gasteiger partial charge in [0, 0.05) is 12.6 Å². The van der Waals surface area contributed by atoms with Crippen molar-refractivity contribution in [2.24, 2.45) is 0 Å². The number of benzene rings is 1. The molecule has 1 aromatic heterocycles. The van der Waals surface area contributed by atoms with E-state index >= 15 is 0 Å². The molecule has 1 heterocycles. The van der Waals surface area contributed by atoms with Crippen molar-refractivity contribution in [1.29, 1.82) is 0 Å². The second kappa shape index (κ2) is 6.41. The molecule has 0 bridgehead atoms. The quantitative estimate of drug-likeness (QED) is 0.519. The van der Waals surface area contributed by atoms with Crippen molar-refractivity contribution in [3.05, 3.63) is 39.7 Å². The molecule has 0 radical (unpaired) electrons. The lowest BCUT2D eigenvalue weighted by molar-refractivity contribution is -0.384. The molecule has 0 fully saturated rings. The number of anilines is 1. The van der Waals surface area contributed by atoms with Crippen LogP contribution >= 0.6 is 0 Å². The zero-order valence-electron chi connectivity index (χ0n) is 11.2. The van der Waals surface area contributed by atoms with Gasteiger partial charge in [-0.15, -0.1) is 10.2 Å². The second-order valence-corrected chi connectivity index (χ2v) is 4.00. The highest BCUT2D eigenvalue weighted by Gasteiger charge is 2.21. The molecule has 0 aliphatic carbocycles. The van der Waals surface area contributed by atoms with Crippen molar-refractivity contribution >= 4 is 17.3 Å². The molecule has 1 aromatic carbocycles. The van der Waals surface area contributed by atoms with E-state index in [1.165, 1.54) is 18.2 Å². The summed E-state index contributed by atoms with van der Waals surface area (Å²) in [6.07, 6.45) is 0. The van der Waals surface area contributed by atoms with Crippen LogP contribution in [-0.4, -0.2) is 38.0 Å². The monoisotopic (exact) mass is 291 g/mol. The number of aromatic nitrogens is 4. The lowest BCUT2D eigenvalue weighted by atomic mass is 10.1. The van der Waals surface area contributed by atoms with Crippen LogP contribution in [0, 0.1) is 10.1 Å². The summed E-state index contributed by atoms with van der Waals surface area (Å²) in [5, 5.41) is 29.5. The molecule has 2 aromatic rings. The lowest BCUT2D eigenvalue weighted by Crippen LogP contribution is -2.25. The van der Waals surface area contributed by atoms with Crippen molar-refractivity contribution in [2.75, 3.05) is 11.9 Å². The fraction of sp³-hybridized carbons (Fsp3) is 0.273. The smallest absolute Gasteiger partial charge is 0.293 e. The fourth-order valence-electron chi connectivity index (χ4n) is 1.76. The molecule has 0 saturated heterocycles. The highest BCUT2D eigenvalue weighted by Crippen LogP contribution is 2.28. The van der Waals surface area contributed by atoms with Crippen molar-refractivity contribution in [3.8, 4) is 0 Å². The van der Waals surface area contributed by atoms with Gasteiger partial charge in [0.2, 0.25) is 0 Å². The molecule has 0 saturated carbocycles. The number of hydrogen-bond donors (Lipinski definition) is 3.